The number of hydrogen-bond acceptors (Lipinski definition) is 4. The minimum atomic E-state index is -4.44. The van der Waals surface area contributed by atoms with Gasteiger partial charge in [-0.05, 0) is 47.0 Å². The van der Waals surface area contributed by atoms with Gasteiger partial charge in [0, 0.05) is 18.5 Å². The quantitative estimate of drug-likeness (QED) is 0.219. The average Bonchev–Trinajstić information content (AvgIpc) is 2.78. The van der Waals surface area contributed by atoms with Crippen LogP contribution in [-0.4, -0.2) is 25.3 Å². The highest BCUT2D eigenvalue weighted by Crippen LogP contribution is 2.30. The fraction of sp³-hybridized carbons (Fsp3) is 0.280. The number of nitrogens with one attached hydrogen (secondary N) is 2. The molecule has 3 rings (SSSR count). The Kier molecular flexibility index (Phi) is 7.72. The van der Waals surface area contributed by atoms with Crippen molar-refractivity contribution in [2.45, 2.75) is 26.2 Å². The van der Waals surface area contributed by atoms with Gasteiger partial charge in [-0.15, -0.1) is 0 Å². The lowest BCUT2D eigenvalue weighted by Gasteiger charge is -2.28. The summed E-state index contributed by atoms with van der Waals surface area (Å²) in [5, 5.41) is 7.26. The number of guanidine groups is 1. The van der Waals surface area contributed by atoms with Crippen molar-refractivity contribution in [3.8, 4) is 0 Å². The van der Waals surface area contributed by atoms with Crippen LogP contribution in [0.4, 0.5) is 26.3 Å². The van der Waals surface area contributed by atoms with Crippen molar-refractivity contribution in [3.05, 3.63) is 82.4 Å². The van der Waals surface area contributed by atoms with E-state index in [1.54, 1.807) is 18.2 Å². The van der Waals surface area contributed by atoms with Crippen molar-refractivity contribution in [3.63, 3.8) is 0 Å². The van der Waals surface area contributed by atoms with Crippen LogP contribution >= 0.6 is 0 Å². The van der Waals surface area contributed by atoms with E-state index in [0.29, 0.717) is 35.7 Å². The highest BCUT2D eigenvalue weighted by Gasteiger charge is 2.30. The molecule has 10 heteroatoms. The molecule has 0 aliphatic carbocycles. The summed E-state index contributed by atoms with van der Waals surface area (Å²) < 4.78 is 76.9. The number of benzene rings is 2. The van der Waals surface area contributed by atoms with E-state index in [0.717, 1.165) is 24.3 Å². The molecule has 2 aromatic carbocycles. The third-order valence-electron chi connectivity index (χ3n) is 5.06. The molecule has 4 nitrogen and oxygen atoms in total. The van der Waals surface area contributed by atoms with Gasteiger partial charge in [0.25, 0.3) is 0 Å². The first kappa shape index (κ1) is 26.1. The number of aliphatic imine (C=N–C) groups is 1. The Bertz CT molecular complexity index is 1120. The van der Waals surface area contributed by atoms with Crippen LogP contribution in [0.3, 0.4) is 0 Å². The summed E-state index contributed by atoms with van der Waals surface area (Å²) in [5.41, 5.74) is 2.78. The van der Waals surface area contributed by atoms with Gasteiger partial charge in [0.1, 0.15) is 0 Å². The number of alkyl halides is 6. The van der Waals surface area contributed by atoms with Crippen LogP contribution in [0.2, 0.25) is 0 Å². The highest BCUT2D eigenvalue weighted by molar-refractivity contribution is 5.91. The standard InChI is InChI=1S/C25H24F6N4/c1-23(2)15-32-22(33-16-23)35-34-14-19(13-18-7-11-21(12-8-18)25(29,30)31)4-3-17-5-9-20(10-6-17)24(26,27)28/h3-14H,15-16H2,1-2H3,(H2,32,33,35). The third-order valence-corrected chi connectivity index (χ3v) is 5.06. The Morgan fingerprint density at radius 2 is 1.46 bits per heavy atom. The Labute approximate surface area is 199 Å². The molecule has 0 fully saturated rings. The smallest absolute Gasteiger partial charge is 0.354 e. The van der Waals surface area contributed by atoms with E-state index < -0.39 is 23.5 Å². The molecule has 1 aliphatic heterocycles. The van der Waals surface area contributed by atoms with Gasteiger partial charge in [0.2, 0.25) is 5.96 Å². The number of hydrazone groups is 1. The van der Waals surface area contributed by atoms with Crippen LogP contribution < -0.4 is 10.7 Å². The zero-order valence-corrected chi connectivity index (χ0v) is 19.0. The van der Waals surface area contributed by atoms with Crippen molar-refractivity contribution in [1.82, 2.24) is 10.7 Å². The average molecular weight is 494 g/mol. The van der Waals surface area contributed by atoms with Gasteiger partial charge in [-0.3, -0.25) is 4.99 Å². The summed E-state index contributed by atoms with van der Waals surface area (Å²) in [5.74, 6) is 0.487. The zero-order valence-electron chi connectivity index (χ0n) is 19.0. The van der Waals surface area contributed by atoms with Crippen LogP contribution in [0, 0.1) is 5.41 Å². The van der Waals surface area contributed by atoms with Crippen LogP contribution in [0.15, 0.2) is 70.3 Å². The Morgan fingerprint density at radius 1 is 0.914 bits per heavy atom. The van der Waals surface area contributed by atoms with E-state index in [9.17, 15) is 26.3 Å². The number of rotatable bonds is 5. The number of allylic oxidation sites excluding steroid dienone is 2. The molecule has 0 radical (unpaired) electrons. The molecule has 186 valence electrons. The molecule has 1 heterocycles. The maximum Gasteiger partial charge on any atom is 0.416 e. The lowest BCUT2D eigenvalue weighted by atomic mass is 9.93. The van der Waals surface area contributed by atoms with Gasteiger partial charge in [-0.1, -0.05) is 50.3 Å². The second-order valence-corrected chi connectivity index (χ2v) is 8.77. The fourth-order valence-corrected chi connectivity index (χ4v) is 3.04. The van der Waals surface area contributed by atoms with Gasteiger partial charge < -0.3 is 5.32 Å². The molecule has 1 aliphatic rings. The monoisotopic (exact) mass is 494 g/mol. The molecule has 0 spiro atoms. The first-order chi connectivity index (χ1) is 16.3. The van der Waals surface area contributed by atoms with Gasteiger partial charge >= 0.3 is 12.4 Å². The van der Waals surface area contributed by atoms with Crippen molar-refractivity contribution in [1.29, 1.82) is 0 Å². The van der Waals surface area contributed by atoms with Crippen molar-refractivity contribution >= 4 is 24.3 Å². The summed E-state index contributed by atoms with van der Waals surface area (Å²) in [6.07, 6.45) is -2.64. The lowest BCUT2D eigenvalue weighted by Crippen LogP contribution is -2.45. The molecule has 2 aromatic rings. The van der Waals surface area contributed by atoms with Crippen LogP contribution in [-0.2, 0) is 12.4 Å². The molecule has 0 amide bonds. The summed E-state index contributed by atoms with van der Waals surface area (Å²) >= 11 is 0. The molecule has 35 heavy (non-hydrogen) atoms. The predicted molar refractivity (Wildman–Crippen MR) is 126 cm³/mol. The van der Waals surface area contributed by atoms with E-state index in [-0.39, 0.29) is 5.41 Å². The van der Waals surface area contributed by atoms with Crippen LogP contribution in [0.25, 0.3) is 12.2 Å². The van der Waals surface area contributed by atoms with E-state index >= 15 is 0 Å². The minimum Gasteiger partial charge on any atom is -0.354 e. The van der Waals surface area contributed by atoms with Gasteiger partial charge in [-0.25, -0.2) is 5.43 Å². The molecular formula is C25H24F6N4. The Balaban J connectivity index is 1.81. The largest absolute Gasteiger partial charge is 0.416 e. The molecular weight excluding hydrogens is 470 g/mol. The zero-order chi connectivity index (χ0) is 25.7. The van der Waals surface area contributed by atoms with Crippen molar-refractivity contribution < 1.29 is 26.3 Å². The Morgan fingerprint density at radius 3 is 1.94 bits per heavy atom. The van der Waals surface area contributed by atoms with Crippen molar-refractivity contribution in [2.75, 3.05) is 13.1 Å². The van der Waals surface area contributed by atoms with Gasteiger partial charge in [0.15, 0.2) is 0 Å². The molecule has 0 unspecified atom stereocenters. The molecule has 0 bridgehead atoms. The normalized spacial score (nSPS) is 16.9. The van der Waals surface area contributed by atoms with Crippen molar-refractivity contribution in [2.24, 2.45) is 15.5 Å². The third kappa shape index (κ3) is 8.01. The van der Waals surface area contributed by atoms with E-state index in [4.69, 9.17) is 0 Å². The summed E-state index contributed by atoms with van der Waals surface area (Å²) in [4.78, 5) is 4.36. The second kappa shape index (κ2) is 10.4. The number of halogens is 6. The van der Waals surface area contributed by atoms with E-state index in [1.807, 2.05) is 0 Å². The lowest BCUT2D eigenvalue weighted by molar-refractivity contribution is -0.138. The molecule has 0 aromatic heterocycles. The first-order valence-corrected chi connectivity index (χ1v) is 10.6. The highest BCUT2D eigenvalue weighted by atomic mass is 19.4. The van der Waals surface area contributed by atoms with Gasteiger partial charge in [-0.2, -0.15) is 31.4 Å². The summed E-state index contributed by atoms with van der Waals surface area (Å²) in [7, 11) is 0. The molecule has 2 N–H and O–H groups in total. The first-order valence-electron chi connectivity index (χ1n) is 10.6. The summed E-state index contributed by atoms with van der Waals surface area (Å²) in [6, 6.07) is 9.20. The summed E-state index contributed by atoms with van der Waals surface area (Å²) in [6.45, 7) is 5.46. The SMILES string of the molecule is CC1(C)CN=C(NN=CC(C=Cc2ccc(C(F)(F)F)cc2)=Cc2ccc(C(F)(F)F)cc2)NC1. The second-order valence-electron chi connectivity index (χ2n) is 8.77. The van der Waals surface area contributed by atoms with Crippen LogP contribution in [0.1, 0.15) is 36.1 Å². The Hall–Kier alpha value is -3.56. The number of hydrogen-bond donors (Lipinski definition) is 2. The molecule has 0 saturated heterocycles. The maximum atomic E-state index is 12.8. The molecule has 0 atom stereocenters. The predicted octanol–water partition coefficient (Wildman–Crippen LogP) is 6.38. The van der Waals surface area contributed by atoms with Gasteiger partial charge in [0.05, 0.1) is 17.3 Å². The van der Waals surface area contributed by atoms with E-state index in [2.05, 4.69) is 34.7 Å². The fourth-order valence-electron chi connectivity index (χ4n) is 3.04. The minimum absolute atomic E-state index is 0.0208. The van der Waals surface area contributed by atoms with E-state index in [1.165, 1.54) is 30.5 Å². The number of nitrogens with zero attached hydrogens (tertiary/aromatic N) is 2. The topological polar surface area (TPSA) is 48.8 Å². The maximum absolute atomic E-state index is 12.8. The van der Waals surface area contributed by atoms with Crippen LogP contribution in [0.5, 0.6) is 0 Å². The molecule has 0 saturated carbocycles.